The Kier molecular flexibility index (Phi) is 4.16. The van der Waals surface area contributed by atoms with Crippen molar-refractivity contribution in [1.29, 1.82) is 0 Å². The van der Waals surface area contributed by atoms with Gasteiger partial charge in [-0.2, -0.15) is 0 Å². The fourth-order valence-corrected chi connectivity index (χ4v) is 3.39. The molecule has 20 heavy (non-hydrogen) atoms. The molecule has 1 saturated carbocycles. The summed E-state index contributed by atoms with van der Waals surface area (Å²) >= 11 is 1.59. The van der Waals surface area contributed by atoms with Crippen LogP contribution in [0, 0.1) is 0 Å². The van der Waals surface area contributed by atoms with Crippen molar-refractivity contribution in [3.63, 3.8) is 0 Å². The Morgan fingerprint density at radius 3 is 2.90 bits per heavy atom. The fourth-order valence-electron chi connectivity index (χ4n) is 2.78. The van der Waals surface area contributed by atoms with Crippen molar-refractivity contribution in [3.05, 3.63) is 40.7 Å². The van der Waals surface area contributed by atoms with Crippen LogP contribution in [0.5, 0.6) is 0 Å². The van der Waals surface area contributed by atoms with Gasteiger partial charge in [0.15, 0.2) is 5.76 Å². The molecule has 1 amide bonds. The topological polar surface area (TPSA) is 46.3 Å². The van der Waals surface area contributed by atoms with E-state index in [9.17, 15) is 4.79 Å². The number of carbonyl (C=O) groups is 1. The standard InChI is InChI=1S/C15H18N2O2S/c18-15(13-7-4-9-19-13)17(11-14-16-8-10-20-14)12-5-2-1-3-6-12/h4,7-10,12H,1-3,5-6,11H2. The summed E-state index contributed by atoms with van der Waals surface area (Å²) in [6.07, 6.45) is 9.17. The maximum Gasteiger partial charge on any atom is 0.290 e. The number of rotatable bonds is 4. The summed E-state index contributed by atoms with van der Waals surface area (Å²) in [5, 5.41) is 2.93. The van der Waals surface area contributed by atoms with Crippen molar-refractivity contribution in [2.75, 3.05) is 0 Å². The first-order valence-corrected chi connectivity index (χ1v) is 7.95. The van der Waals surface area contributed by atoms with Gasteiger partial charge in [-0.3, -0.25) is 4.79 Å². The number of furan rings is 1. The molecule has 0 spiro atoms. The van der Waals surface area contributed by atoms with Gasteiger partial charge >= 0.3 is 0 Å². The first-order chi connectivity index (χ1) is 9.84. The van der Waals surface area contributed by atoms with Crippen LogP contribution in [0.4, 0.5) is 0 Å². The summed E-state index contributed by atoms with van der Waals surface area (Å²) in [7, 11) is 0. The third-order valence-corrected chi connectivity index (χ3v) is 4.56. The Labute approximate surface area is 122 Å². The summed E-state index contributed by atoms with van der Waals surface area (Å²) < 4.78 is 5.28. The molecule has 0 atom stereocenters. The first kappa shape index (κ1) is 13.4. The molecule has 0 unspecified atom stereocenters. The third-order valence-electron chi connectivity index (χ3n) is 3.80. The highest BCUT2D eigenvalue weighted by Crippen LogP contribution is 2.26. The SMILES string of the molecule is O=C(c1ccco1)N(Cc1nccs1)C1CCCCC1. The normalized spacial score (nSPS) is 16.2. The number of thiazole rings is 1. The van der Waals surface area contributed by atoms with E-state index in [1.807, 2.05) is 10.3 Å². The molecule has 1 aliphatic rings. The lowest BCUT2D eigenvalue weighted by Gasteiger charge is -2.33. The lowest BCUT2D eigenvalue weighted by molar-refractivity contribution is 0.0581. The fraction of sp³-hybridized carbons (Fsp3) is 0.467. The van der Waals surface area contributed by atoms with Crippen LogP contribution in [0.1, 0.15) is 47.7 Å². The molecule has 2 aromatic heterocycles. The van der Waals surface area contributed by atoms with Crippen LogP contribution >= 0.6 is 11.3 Å². The average molecular weight is 290 g/mol. The minimum absolute atomic E-state index is 0.0166. The quantitative estimate of drug-likeness (QED) is 0.862. The molecule has 0 aliphatic heterocycles. The van der Waals surface area contributed by atoms with Gasteiger partial charge in [-0.15, -0.1) is 11.3 Å². The highest BCUT2D eigenvalue weighted by molar-refractivity contribution is 7.09. The number of carbonyl (C=O) groups excluding carboxylic acids is 1. The van der Waals surface area contributed by atoms with E-state index in [0.29, 0.717) is 18.3 Å². The number of hydrogen-bond acceptors (Lipinski definition) is 4. The molecule has 0 N–H and O–H groups in total. The Morgan fingerprint density at radius 1 is 1.40 bits per heavy atom. The molecule has 3 rings (SSSR count). The van der Waals surface area contributed by atoms with Crippen LogP contribution in [0.2, 0.25) is 0 Å². The van der Waals surface area contributed by atoms with Crippen molar-refractivity contribution in [3.8, 4) is 0 Å². The van der Waals surface area contributed by atoms with Gasteiger partial charge < -0.3 is 9.32 Å². The van der Waals surface area contributed by atoms with Crippen LogP contribution in [0.15, 0.2) is 34.4 Å². The Hall–Kier alpha value is -1.62. The number of hydrogen-bond donors (Lipinski definition) is 0. The molecule has 2 aromatic rings. The Balaban J connectivity index is 1.80. The van der Waals surface area contributed by atoms with Crippen molar-refractivity contribution >= 4 is 17.2 Å². The van der Waals surface area contributed by atoms with E-state index in [4.69, 9.17) is 4.42 Å². The molecule has 0 bridgehead atoms. The second-order valence-electron chi connectivity index (χ2n) is 5.13. The van der Waals surface area contributed by atoms with Crippen molar-refractivity contribution in [1.82, 2.24) is 9.88 Å². The molecule has 1 fully saturated rings. The lowest BCUT2D eigenvalue weighted by atomic mass is 9.94. The van der Waals surface area contributed by atoms with E-state index < -0.39 is 0 Å². The number of amides is 1. The molecule has 0 radical (unpaired) electrons. The average Bonchev–Trinajstić information content (AvgIpc) is 3.18. The minimum atomic E-state index is -0.0166. The van der Waals surface area contributed by atoms with Crippen molar-refractivity contribution < 1.29 is 9.21 Å². The van der Waals surface area contributed by atoms with Gasteiger partial charge in [-0.05, 0) is 25.0 Å². The number of nitrogens with zero attached hydrogens (tertiary/aromatic N) is 2. The summed E-state index contributed by atoms with van der Waals surface area (Å²) in [6.45, 7) is 0.585. The van der Waals surface area contributed by atoms with Gasteiger partial charge in [0.25, 0.3) is 5.91 Å². The van der Waals surface area contributed by atoms with Crippen molar-refractivity contribution in [2.45, 2.75) is 44.7 Å². The smallest absolute Gasteiger partial charge is 0.290 e. The van der Waals surface area contributed by atoms with Crippen LogP contribution in [-0.2, 0) is 6.54 Å². The van der Waals surface area contributed by atoms with Gasteiger partial charge in [-0.1, -0.05) is 19.3 Å². The summed E-state index contributed by atoms with van der Waals surface area (Å²) in [4.78, 5) is 18.9. The molecule has 2 heterocycles. The van der Waals surface area contributed by atoms with E-state index in [-0.39, 0.29) is 5.91 Å². The Morgan fingerprint density at radius 2 is 2.25 bits per heavy atom. The van der Waals surface area contributed by atoms with E-state index in [2.05, 4.69) is 4.98 Å². The monoisotopic (exact) mass is 290 g/mol. The highest BCUT2D eigenvalue weighted by atomic mass is 32.1. The van der Waals surface area contributed by atoms with Gasteiger partial charge in [0.05, 0.1) is 12.8 Å². The van der Waals surface area contributed by atoms with E-state index in [0.717, 1.165) is 17.8 Å². The predicted molar refractivity (Wildman–Crippen MR) is 77.6 cm³/mol. The van der Waals surface area contributed by atoms with Crippen molar-refractivity contribution in [2.24, 2.45) is 0 Å². The number of aromatic nitrogens is 1. The second-order valence-corrected chi connectivity index (χ2v) is 6.11. The zero-order valence-corrected chi connectivity index (χ0v) is 12.1. The summed E-state index contributed by atoms with van der Waals surface area (Å²) in [5.74, 6) is 0.407. The van der Waals surface area contributed by atoms with Crippen LogP contribution in [0.25, 0.3) is 0 Å². The van der Waals surface area contributed by atoms with E-state index in [1.54, 1.807) is 35.9 Å². The van der Waals surface area contributed by atoms with Gasteiger partial charge in [-0.25, -0.2) is 4.98 Å². The zero-order chi connectivity index (χ0) is 13.8. The molecule has 0 saturated heterocycles. The van der Waals surface area contributed by atoms with Gasteiger partial charge in [0.2, 0.25) is 0 Å². The Bertz CT molecular complexity index is 530. The second kappa shape index (κ2) is 6.22. The van der Waals surface area contributed by atoms with Crippen LogP contribution < -0.4 is 0 Å². The summed E-state index contributed by atoms with van der Waals surface area (Å²) in [5.41, 5.74) is 0. The minimum Gasteiger partial charge on any atom is -0.459 e. The molecule has 5 heteroatoms. The first-order valence-electron chi connectivity index (χ1n) is 7.07. The van der Waals surface area contributed by atoms with E-state index >= 15 is 0 Å². The molecule has 4 nitrogen and oxygen atoms in total. The van der Waals surface area contributed by atoms with Crippen LogP contribution in [0.3, 0.4) is 0 Å². The molecule has 106 valence electrons. The third kappa shape index (κ3) is 2.93. The lowest BCUT2D eigenvalue weighted by Crippen LogP contribution is -2.40. The van der Waals surface area contributed by atoms with E-state index in [1.165, 1.54) is 19.3 Å². The summed E-state index contributed by atoms with van der Waals surface area (Å²) in [6, 6.07) is 3.81. The van der Waals surface area contributed by atoms with Crippen LogP contribution in [-0.4, -0.2) is 21.8 Å². The van der Waals surface area contributed by atoms with Gasteiger partial charge in [0, 0.05) is 17.6 Å². The van der Waals surface area contributed by atoms with Gasteiger partial charge in [0.1, 0.15) is 5.01 Å². The molecule has 0 aromatic carbocycles. The zero-order valence-electron chi connectivity index (χ0n) is 11.3. The maximum atomic E-state index is 12.6. The predicted octanol–water partition coefficient (Wildman–Crippen LogP) is 3.71. The molecular weight excluding hydrogens is 272 g/mol. The highest BCUT2D eigenvalue weighted by Gasteiger charge is 2.28. The molecular formula is C15H18N2O2S. The molecule has 1 aliphatic carbocycles. The largest absolute Gasteiger partial charge is 0.459 e. The maximum absolute atomic E-state index is 12.6.